The Morgan fingerprint density at radius 2 is 1.88 bits per heavy atom. The van der Waals surface area contributed by atoms with Crippen molar-refractivity contribution in [2.75, 3.05) is 7.05 Å². The summed E-state index contributed by atoms with van der Waals surface area (Å²) in [5.74, 6) is -2.44. The van der Waals surface area contributed by atoms with Crippen molar-refractivity contribution in [3.05, 3.63) is 71.4 Å². The van der Waals surface area contributed by atoms with E-state index in [2.05, 4.69) is 20.3 Å². The molecule has 1 amide bonds. The minimum Gasteiger partial charge on any atom is -0.505 e. The summed E-state index contributed by atoms with van der Waals surface area (Å²) in [7, 11) is 1.42. The minimum absolute atomic E-state index is 0.00640. The van der Waals surface area contributed by atoms with Gasteiger partial charge >= 0.3 is 6.18 Å². The number of benzene rings is 1. The maximum atomic E-state index is 13.5. The molecule has 0 saturated heterocycles. The second-order valence-electron chi connectivity index (χ2n) is 6.30. The van der Waals surface area contributed by atoms with Gasteiger partial charge in [-0.1, -0.05) is 0 Å². The largest absolute Gasteiger partial charge is 0.505 e. The molecule has 162 valence electrons. The number of hydrogen-bond acceptors (Lipinski definition) is 6. The van der Waals surface area contributed by atoms with Crippen molar-refractivity contribution < 1.29 is 27.5 Å². The van der Waals surface area contributed by atoms with Crippen LogP contribution in [0.5, 0.6) is 5.75 Å². The van der Waals surface area contributed by atoms with E-state index in [-0.39, 0.29) is 22.6 Å². The number of aliphatic imine (C=N–C) groups is 1. The van der Waals surface area contributed by atoms with E-state index >= 15 is 0 Å². The topological polar surface area (TPSA) is 111 Å². The standard InChI is InChI=1S/C21H13F4N5O2/c1-27-20(32)16-8-11(4-6-28-16)18-19(31)13(5-7-29-18)17(10-26)30-12-2-3-15(22)14(9-12)21(23,24)25/h2-9,31H,1H3,(H,27,32). The molecule has 2 aromatic heterocycles. The fourth-order valence-corrected chi connectivity index (χ4v) is 2.76. The monoisotopic (exact) mass is 443 g/mol. The molecule has 0 aliphatic rings. The molecule has 3 rings (SSSR count). The molecular weight excluding hydrogens is 430 g/mol. The van der Waals surface area contributed by atoms with Gasteiger partial charge in [-0.25, -0.2) is 9.38 Å². The highest BCUT2D eigenvalue weighted by atomic mass is 19.4. The third-order valence-corrected chi connectivity index (χ3v) is 4.27. The van der Waals surface area contributed by atoms with Crippen LogP contribution in [-0.4, -0.2) is 33.7 Å². The first-order valence-corrected chi connectivity index (χ1v) is 8.88. The highest BCUT2D eigenvalue weighted by Crippen LogP contribution is 2.35. The number of carbonyl (C=O) groups excluding carboxylic acids is 1. The number of nitrogens with zero attached hydrogens (tertiary/aromatic N) is 4. The third-order valence-electron chi connectivity index (χ3n) is 4.27. The molecule has 0 atom stereocenters. The number of nitriles is 1. The van der Waals surface area contributed by atoms with Crippen LogP contribution in [-0.2, 0) is 6.18 Å². The van der Waals surface area contributed by atoms with Gasteiger partial charge in [-0.2, -0.15) is 18.4 Å². The van der Waals surface area contributed by atoms with Crippen LogP contribution in [0.3, 0.4) is 0 Å². The number of alkyl halides is 3. The molecule has 3 aromatic rings. The average Bonchev–Trinajstić information content (AvgIpc) is 2.77. The summed E-state index contributed by atoms with van der Waals surface area (Å²) in [6.07, 6.45) is -2.37. The summed E-state index contributed by atoms with van der Waals surface area (Å²) < 4.78 is 52.4. The summed E-state index contributed by atoms with van der Waals surface area (Å²) in [5.41, 5.74) is -2.06. The number of aromatic nitrogens is 2. The van der Waals surface area contributed by atoms with Gasteiger partial charge in [0.15, 0.2) is 11.5 Å². The molecule has 0 fully saturated rings. The normalized spacial score (nSPS) is 11.7. The van der Waals surface area contributed by atoms with E-state index in [1.165, 1.54) is 37.6 Å². The van der Waals surface area contributed by atoms with Gasteiger partial charge in [-0.15, -0.1) is 0 Å². The maximum absolute atomic E-state index is 13.5. The number of nitrogens with one attached hydrogen (secondary N) is 1. The van der Waals surface area contributed by atoms with Crippen LogP contribution in [0.4, 0.5) is 23.2 Å². The lowest BCUT2D eigenvalue weighted by molar-refractivity contribution is -0.139. The van der Waals surface area contributed by atoms with Crippen LogP contribution in [0.25, 0.3) is 11.3 Å². The minimum atomic E-state index is -4.95. The predicted molar refractivity (Wildman–Crippen MR) is 106 cm³/mol. The Hall–Kier alpha value is -4.33. The van der Waals surface area contributed by atoms with E-state index in [9.17, 15) is 32.7 Å². The summed E-state index contributed by atoms with van der Waals surface area (Å²) >= 11 is 0. The molecule has 0 spiro atoms. The SMILES string of the molecule is CNC(=O)c1cc(-c2nccc(C(C#N)=Nc3ccc(F)c(C(F)(F)F)c3)c2O)ccn1. The third kappa shape index (κ3) is 4.54. The van der Waals surface area contributed by atoms with E-state index in [1.54, 1.807) is 6.07 Å². The molecule has 7 nitrogen and oxygen atoms in total. The molecule has 1 aromatic carbocycles. The van der Waals surface area contributed by atoms with Crippen molar-refractivity contribution >= 4 is 17.3 Å². The lowest BCUT2D eigenvalue weighted by Gasteiger charge is -2.10. The first kappa shape index (κ1) is 22.4. The quantitative estimate of drug-likeness (QED) is 0.468. The van der Waals surface area contributed by atoms with Crippen molar-refractivity contribution in [3.8, 4) is 23.1 Å². The van der Waals surface area contributed by atoms with Gasteiger partial charge in [-0.3, -0.25) is 14.8 Å². The average molecular weight is 443 g/mol. The maximum Gasteiger partial charge on any atom is 0.419 e. The molecule has 0 bridgehead atoms. The van der Waals surface area contributed by atoms with Gasteiger partial charge in [0, 0.05) is 25.0 Å². The highest BCUT2D eigenvalue weighted by molar-refractivity contribution is 6.15. The van der Waals surface area contributed by atoms with Gasteiger partial charge in [0.05, 0.1) is 16.8 Å². The molecular formula is C21H13F4N5O2. The smallest absolute Gasteiger partial charge is 0.419 e. The molecule has 11 heteroatoms. The first-order chi connectivity index (χ1) is 15.2. The van der Waals surface area contributed by atoms with Crippen LogP contribution in [0, 0.1) is 17.1 Å². The van der Waals surface area contributed by atoms with Crippen molar-refractivity contribution in [1.82, 2.24) is 15.3 Å². The zero-order chi connectivity index (χ0) is 23.5. The van der Waals surface area contributed by atoms with Gasteiger partial charge in [0.25, 0.3) is 5.91 Å². The Morgan fingerprint density at radius 1 is 1.16 bits per heavy atom. The first-order valence-electron chi connectivity index (χ1n) is 8.88. The number of amides is 1. The predicted octanol–water partition coefficient (Wildman–Crippen LogP) is 4.01. The van der Waals surface area contributed by atoms with E-state index in [1.807, 2.05) is 0 Å². The Balaban J connectivity index is 2.09. The highest BCUT2D eigenvalue weighted by Gasteiger charge is 2.34. The number of hydrogen-bond donors (Lipinski definition) is 2. The molecule has 2 heterocycles. The Bertz CT molecular complexity index is 1270. The van der Waals surface area contributed by atoms with Crippen LogP contribution >= 0.6 is 0 Å². The van der Waals surface area contributed by atoms with Gasteiger partial charge in [-0.05, 0) is 36.4 Å². The van der Waals surface area contributed by atoms with Gasteiger partial charge < -0.3 is 10.4 Å². The Morgan fingerprint density at radius 3 is 2.53 bits per heavy atom. The number of carbonyl (C=O) groups is 1. The van der Waals surface area contributed by atoms with E-state index in [0.717, 1.165) is 6.07 Å². The van der Waals surface area contributed by atoms with Crippen LogP contribution in [0.1, 0.15) is 21.6 Å². The molecule has 0 aliphatic carbocycles. The number of halogens is 4. The van der Waals surface area contributed by atoms with Crippen molar-refractivity contribution in [2.24, 2.45) is 4.99 Å². The molecule has 32 heavy (non-hydrogen) atoms. The lowest BCUT2D eigenvalue weighted by Crippen LogP contribution is -2.19. The van der Waals surface area contributed by atoms with Crippen molar-refractivity contribution in [2.45, 2.75) is 6.18 Å². The van der Waals surface area contributed by atoms with Crippen LogP contribution in [0.15, 0.2) is 53.8 Å². The lowest BCUT2D eigenvalue weighted by atomic mass is 10.0. The molecule has 0 aliphatic heterocycles. The molecule has 0 radical (unpaired) electrons. The van der Waals surface area contributed by atoms with Crippen LogP contribution in [0.2, 0.25) is 0 Å². The van der Waals surface area contributed by atoms with Gasteiger partial charge in [0.1, 0.15) is 23.3 Å². The number of rotatable bonds is 4. The molecule has 0 saturated carbocycles. The summed E-state index contributed by atoms with van der Waals surface area (Å²) in [4.78, 5) is 23.6. The number of pyridine rings is 2. The van der Waals surface area contributed by atoms with E-state index in [4.69, 9.17) is 0 Å². The fourth-order valence-electron chi connectivity index (χ4n) is 2.76. The fraction of sp³-hybridized carbons (Fsp3) is 0.0952. The number of aromatic hydroxyl groups is 1. The second kappa shape index (κ2) is 8.81. The molecule has 2 N–H and O–H groups in total. The van der Waals surface area contributed by atoms with E-state index in [0.29, 0.717) is 17.7 Å². The second-order valence-corrected chi connectivity index (χ2v) is 6.30. The van der Waals surface area contributed by atoms with Gasteiger partial charge in [0.2, 0.25) is 0 Å². The van der Waals surface area contributed by atoms with Crippen molar-refractivity contribution in [1.29, 1.82) is 5.26 Å². The Labute approximate surface area is 178 Å². The summed E-state index contributed by atoms with van der Waals surface area (Å²) in [5, 5.41) is 22.6. The van der Waals surface area contributed by atoms with E-state index < -0.39 is 34.9 Å². The summed E-state index contributed by atoms with van der Waals surface area (Å²) in [6, 6.07) is 7.81. The zero-order valence-electron chi connectivity index (χ0n) is 16.3. The summed E-state index contributed by atoms with van der Waals surface area (Å²) in [6.45, 7) is 0. The van der Waals surface area contributed by atoms with Crippen LogP contribution < -0.4 is 5.32 Å². The van der Waals surface area contributed by atoms with Crippen molar-refractivity contribution in [3.63, 3.8) is 0 Å². The Kier molecular flexibility index (Phi) is 6.15. The zero-order valence-corrected chi connectivity index (χ0v) is 16.3. The molecule has 0 unspecified atom stereocenters.